The van der Waals surface area contributed by atoms with Gasteiger partial charge in [0.2, 0.25) is 0 Å². The fourth-order valence-electron chi connectivity index (χ4n) is 2.57. The van der Waals surface area contributed by atoms with Crippen LogP contribution in [0.15, 0.2) is 0 Å². The molecule has 102 valence electrons. The first-order chi connectivity index (χ1) is 7.94. The van der Waals surface area contributed by atoms with Crippen LogP contribution in [0.5, 0.6) is 0 Å². The Bertz CT molecular complexity index is 216. The van der Waals surface area contributed by atoms with Gasteiger partial charge in [-0.1, -0.05) is 13.8 Å². The van der Waals surface area contributed by atoms with Gasteiger partial charge in [0, 0.05) is 13.1 Å². The van der Waals surface area contributed by atoms with Crippen LogP contribution in [-0.2, 0) is 0 Å². The van der Waals surface area contributed by atoms with Crippen molar-refractivity contribution in [1.29, 1.82) is 0 Å². The van der Waals surface area contributed by atoms with Gasteiger partial charge in [0.25, 0.3) is 0 Å². The Hall–Kier alpha value is -0.120. The summed E-state index contributed by atoms with van der Waals surface area (Å²) in [5, 5.41) is 9.91. The van der Waals surface area contributed by atoms with Crippen LogP contribution in [0.2, 0.25) is 0 Å². The van der Waals surface area contributed by atoms with E-state index < -0.39 is 5.60 Å². The molecule has 1 fully saturated rings. The largest absolute Gasteiger partial charge is 0.389 e. The van der Waals surface area contributed by atoms with E-state index in [1.807, 2.05) is 6.92 Å². The number of hydrogen-bond donors (Lipinski definition) is 2. The van der Waals surface area contributed by atoms with Crippen molar-refractivity contribution in [2.24, 2.45) is 17.6 Å². The molecule has 0 aliphatic carbocycles. The average Bonchev–Trinajstić information content (AvgIpc) is 2.52. The Morgan fingerprint density at radius 3 is 2.65 bits per heavy atom. The lowest BCUT2D eigenvalue weighted by Gasteiger charge is -2.26. The van der Waals surface area contributed by atoms with E-state index in [1.165, 1.54) is 32.4 Å². The normalized spacial score (nSPS) is 26.8. The molecule has 1 heterocycles. The summed E-state index contributed by atoms with van der Waals surface area (Å²) in [7, 11) is 0. The van der Waals surface area contributed by atoms with Gasteiger partial charge in [-0.05, 0) is 57.5 Å². The molecule has 0 saturated carbocycles. The van der Waals surface area contributed by atoms with Gasteiger partial charge in [0.15, 0.2) is 0 Å². The van der Waals surface area contributed by atoms with Crippen LogP contribution in [0.3, 0.4) is 0 Å². The van der Waals surface area contributed by atoms with Gasteiger partial charge in [-0.25, -0.2) is 0 Å². The molecule has 1 aliphatic heterocycles. The smallest absolute Gasteiger partial charge is 0.0753 e. The first-order valence-corrected chi connectivity index (χ1v) is 7.09. The van der Waals surface area contributed by atoms with E-state index in [0.717, 1.165) is 24.8 Å². The van der Waals surface area contributed by atoms with E-state index in [0.29, 0.717) is 6.54 Å². The third-order valence-corrected chi connectivity index (χ3v) is 4.21. The number of aliphatic hydroxyl groups is 1. The summed E-state index contributed by atoms with van der Waals surface area (Å²) in [5.41, 5.74) is 4.86. The van der Waals surface area contributed by atoms with Crippen molar-refractivity contribution < 1.29 is 5.11 Å². The van der Waals surface area contributed by atoms with Gasteiger partial charge < -0.3 is 15.7 Å². The van der Waals surface area contributed by atoms with Gasteiger partial charge >= 0.3 is 0 Å². The third-order valence-electron chi connectivity index (χ3n) is 4.21. The van der Waals surface area contributed by atoms with E-state index in [4.69, 9.17) is 5.73 Å². The summed E-state index contributed by atoms with van der Waals surface area (Å²) in [6.07, 6.45) is 4.76. The molecular formula is C14H30N2O. The number of likely N-dealkylation sites (tertiary alicyclic amines) is 1. The number of hydrogen-bond acceptors (Lipinski definition) is 3. The highest BCUT2D eigenvalue weighted by molar-refractivity contribution is 4.77. The molecule has 1 saturated heterocycles. The molecule has 1 aliphatic rings. The summed E-state index contributed by atoms with van der Waals surface area (Å²) in [6, 6.07) is 0. The molecule has 3 heteroatoms. The molecule has 3 N–H and O–H groups in total. The van der Waals surface area contributed by atoms with Crippen LogP contribution in [-0.4, -0.2) is 41.8 Å². The maximum Gasteiger partial charge on any atom is 0.0753 e. The Balaban J connectivity index is 2.32. The van der Waals surface area contributed by atoms with E-state index >= 15 is 0 Å². The second-order valence-corrected chi connectivity index (χ2v) is 6.23. The molecule has 1 rings (SSSR count). The fourth-order valence-corrected chi connectivity index (χ4v) is 2.57. The molecule has 0 spiro atoms. The molecule has 0 aromatic carbocycles. The fraction of sp³-hybridized carbons (Fsp3) is 1.00. The highest BCUT2D eigenvalue weighted by Gasteiger charge is 2.22. The minimum atomic E-state index is -0.691. The maximum atomic E-state index is 9.91. The number of rotatable bonds is 5. The van der Waals surface area contributed by atoms with Crippen LogP contribution in [0.25, 0.3) is 0 Å². The first kappa shape index (κ1) is 14.9. The lowest BCUT2D eigenvalue weighted by molar-refractivity contribution is 0.0478. The van der Waals surface area contributed by atoms with Crippen molar-refractivity contribution in [3.63, 3.8) is 0 Å². The zero-order chi connectivity index (χ0) is 12.9. The monoisotopic (exact) mass is 242 g/mol. The van der Waals surface area contributed by atoms with Gasteiger partial charge in [-0.2, -0.15) is 0 Å². The van der Waals surface area contributed by atoms with E-state index in [-0.39, 0.29) is 0 Å². The molecule has 3 nitrogen and oxygen atoms in total. The van der Waals surface area contributed by atoms with Crippen molar-refractivity contribution >= 4 is 0 Å². The van der Waals surface area contributed by atoms with Gasteiger partial charge in [-0.15, -0.1) is 0 Å². The van der Waals surface area contributed by atoms with Crippen LogP contribution >= 0.6 is 0 Å². The average molecular weight is 242 g/mol. The van der Waals surface area contributed by atoms with Gasteiger partial charge in [0.05, 0.1) is 5.60 Å². The summed E-state index contributed by atoms with van der Waals surface area (Å²) < 4.78 is 0. The minimum absolute atomic E-state index is 0.357. The van der Waals surface area contributed by atoms with Crippen molar-refractivity contribution in [3.8, 4) is 0 Å². The summed E-state index contributed by atoms with van der Waals surface area (Å²) >= 11 is 0. The number of nitrogens with two attached hydrogens (primary N) is 1. The van der Waals surface area contributed by atoms with Gasteiger partial charge in [0.1, 0.15) is 0 Å². The van der Waals surface area contributed by atoms with Crippen LogP contribution in [0.1, 0.15) is 46.5 Å². The van der Waals surface area contributed by atoms with E-state index in [1.54, 1.807) is 0 Å². The summed E-state index contributed by atoms with van der Waals surface area (Å²) in [4.78, 5) is 2.49. The standard InChI is InChI=1S/C14H30N2O/c1-12(2)13-5-4-8-16(9-6-13)10-7-14(3,17)11-15/h12-13,17H,4-11,15H2,1-3H3. The van der Waals surface area contributed by atoms with E-state index in [2.05, 4.69) is 18.7 Å². The molecule has 0 radical (unpaired) electrons. The lowest BCUT2D eigenvalue weighted by atomic mass is 9.89. The summed E-state index contributed by atoms with van der Waals surface area (Å²) in [6.45, 7) is 10.2. The van der Waals surface area contributed by atoms with Crippen molar-refractivity contribution in [2.45, 2.75) is 52.1 Å². The van der Waals surface area contributed by atoms with Crippen LogP contribution in [0, 0.1) is 11.8 Å². The SMILES string of the molecule is CC(C)C1CCCN(CCC(C)(O)CN)CC1. The van der Waals surface area contributed by atoms with Crippen LogP contribution in [0.4, 0.5) is 0 Å². The topological polar surface area (TPSA) is 49.5 Å². The van der Waals surface area contributed by atoms with Crippen molar-refractivity contribution in [3.05, 3.63) is 0 Å². The first-order valence-electron chi connectivity index (χ1n) is 7.09. The second kappa shape index (κ2) is 6.72. The molecule has 0 aromatic rings. The molecule has 17 heavy (non-hydrogen) atoms. The molecule has 2 atom stereocenters. The van der Waals surface area contributed by atoms with Gasteiger partial charge in [-0.3, -0.25) is 0 Å². The lowest BCUT2D eigenvalue weighted by Crippen LogP contribution is -2.39. The maximum absolute atomic E-state index is 9.91. The zero-order valence-corrected chi connectivity index (χ0v) is 11.8. The van der Waals surface area contributed by atoms with Crippen molar-refractivity contribution in [2.75, 3.05) is 26.2 Å². The molecule has 2 unspecified atom stereocenters. The van der Waals surface area contributed by atoms with Crippen molar-refractivity contribution in [1.82, 2.24) is 4.90 Å². The Morgan fingerprint density at radius 1 is 1.35 bits per heavy atom. The molecule has 0 bridgehead atoms. The van der Waals surface area contributed by atoms with Crippen LogP contribution < -0.4 is 5.73 Å². The zero-order valence-electron chi connectivity index (χ0n) is 11.8. The highest BCUT2D eigenvalue weighted by atomic mass is 16.3. The quantitative estimate of drug-likeness (QED) is 0.773. The summed E-state index contributed by atoms with van der Waals surface area (Å²) in [5.74, 6) is 1.69. The third kappa shape index (κ3) is 5.36. The molecule has 0 aromatic heterocycles. The molecular weight excluding hydrogens is 212 g/mol. The molecule has 0 amide bonds. The minimum Gasteiger partial charge on any atom is -0.389 e. The predicted molar refractivity (Wildman–Crippen MR) is 72.9 cm³/mol. The van der Waals surface area contributed by atoms with E-state index in [9.17, 15) is 5.11 Å². The Labute approximate surface area is 106 Å². The number of nitrogens with zero attached hydrogens (tertiary/aromatic N) is 1. The Kier molecular flexibility index (Phi) is 5.90. The highest BCUT2D eigenvalue weighted by Crippen LogP contribution is 2.24. The second-order valence-electron chi connectivity index (χ2n) is 6.23. The predicted octanol–water partition coefficient (Wildman–Crippen LogP) is 1.84. The Morgan fingerprint density at radius 2 is 2.06 bits per heavy atom.